The Morgan fingerprint density at radius 2 is 2.26 bits per heavy atom. The van der Waals surface area contributed by atoms with E-state index in [-0.39, 0.29) is 5.91 Å². The summed E-state index contributed by atoms with van der Waals surface area (Å²) in [5, 5.41) is 17.7. The fourth-order valence-electron chi connectivity index (χ4n) is 3.28. The van der Waals surface area contributed by atoms with Crippen LogP contribution in [0, 0.1) is 0 Å². The predicted molar refractivity (Wildman–Crippen MR) is 84.8 cm³/mol. The highest BCUT2D eigenvalue weighted by atomic mass is 16.2. The van der Waals surface area contributed by atoms with Crippen molar-refractivity contribution in [2.75, 3.05) is 11.9 Å². The third-order valence-electron chi connectivity index (χ3n) is 4.85. The van der Waals surface area contributed by atoms with Crippen molar-refractivity contribution >= 4 is 11.6 Å². The Labute approximate surface area is 134 Å². The van der Waals surface area contributed by atoms with Gasteiger partial charge in [0.2, 0.25) is 5.91 Å². The number of aryl methyl sites for hydroxylation is 1. The lowest BCUT2D eigenvalue weighted by atomic mass is 9.96. The first-order chi connectivity index (χ1) is 11.3. The van der Waals surface area contributed by atoms with Crippen LogP contribution >= 0.6 is 0 Å². The van der Waals surface area contributed by atoms with Crippen LogP contribution in [0.1, 0.15) is 31.2 Å². The van der Waals surface area contributed by atoms with Gasteiger partial charge >= 0.3 is 0 Å². The average molecular weight is 312 g/mol. The number of tetrazole rings is 1. The molecule has 1 fully saturated rings. The Morgan fingerprint density at radius 3 is 3.04 bits per heavy atom. The number of para-hydroxylation sites is 1. The Kier molecular flexibility index (Phi) is 3.48. The number of benzene rings is 1. The average Bonchev–Trinajstić information content (AvgIpc) is 3.21. The van der Waals surface area contributed by atoms with E-state index < -0.39 is 5.54 Å². The van der Waals surface area contributed by atoms with E-state index in [2.05, 4.69) is 50.4 Å². The van der Waals surface area contributed by atoms with Crippen LogP contribution < -0.4 is 10.6 Å². The van der Waals surface area contributed by atoms with E-state index in [1.807, 2.05) is 0 Å². The number of anilines is 1. The summed E-state index contributed by atoms with van der Waals surface area (Å²) in [7, 11) is 0. The van der Waals surface area contributed by atoms with Gasteiger partial charge in [0.1, 0.15) is 11.9 Å². The smallest absolute Gasteiger partial charge is 0.248 e. The molecule has 7 heteroatoms. The van der Waals surface area contributed by atoms with E-state index in [1.54, 1.807) is 4.68 Å². The Bertz CT molecular complexity index is 694. The number of hydrogen-bond donors (Lipinski definition) is 2. The third-order valence-corrected chi connectivity index (χ3v) is 4.85. The van der Waals surface area contributed by atoms with Gasteiger partial charge in [-0.2, -0.15) is 0 Å². The fourth-order valence-corrected chi connectivity index (χ4v) is 3.28. The van der Waals surface area contributed by atoms with Crippen molar-refractivity contribution in [2.24, 2.45) is 0 Å². The summed E-state index contributed by atoms with van der Waals surface area (Å²) in [4.78, 5) is 12.4. The number of rotatable bonds is 5. The maximum absolute atomic E-state index is 12.4. The number of carbonyl (C=O) groups is 1. The first-order valence-corrected chi connectivity index (χ1v) is 8.14. The summed E-state index contributed by atoms with van der Waals surface area (Å²) < 4.78 is 1.58. The second-order valence-corrected chi connectivity index (χ2v) is 6.37. The van der Waals surface area contributed by atoms with Gasteiger partial charge in [-0.05, 0) is 54.2 Å². The highest BCUT2D eigenvalue weighted by Gasteiger charge is 2.53. The lowest BCUT2D eigenvalue weighted by Gasteiger charge is -2.27. The molecule has 2 N–H and O–H groups in total. The molecule has 7 nitrogen and oxygen atoms in total. The third kappa shape index (κ3) is 2.67. The zero-order chi connectivity index (χ0) is 15.7. The highest BCUT2D eigenvalue weighted by molar-refractivity contribution is 5.87. The molecule has 2 heterocycles. The fraction of sp³-hybridized carbons (Fsp3) is 0.500. The van der Waals surface area contributed by atoms with E-state index in [4.69, 9.17) is 0 Å². The van der Waals surface area contributed by atoms with Gasteiger partial charge in [-0.3, -0.25) is 4.79 Å². The number of aromatic nitrogens is 4. The normalized spacial score (nSPS) is 21.1. The molecule has 23 heavy (non-hydrogen) atoms. The standard InChI is InChI=1S/C16H20N6O/c23-15(16(8-9-16)22-11-18-20-21-22)17-10-7-13-6-5-12-3-1-2-4-14(12)19-13/h1-4,11,13,19H,5-10H2,(H,17,23). The number of nitrogens with zero attached hydrogens (tertiary/aromatic N) is 4. The van der Waals surface area contributed by atoms with Gasteiger partial charge in [-0.1, -0.05) is 18.2 Å². The molecule has 0 spiro atoms. The molecule has 1 atom stereocenters. The quantitative estimate of drug-likeness (QED) is 0.863. The minimum absolute atomic E-state index is 0.0287. The van der Waals surface area contributed by atoms with Gasteiger partial charge in [0.05, 0.1) is 0 Å². The zero-order valence-corrected chi connectivity index (χ0v) is 12.9. The van der Waals surface area contributed by atoms with Crippen molar-refractivity contribution in [3.8, 4) is 0 Å². The lowest BCUT2D eigenvalue weighted by molar-refractivity contribution is -0.126. The molecule has 0 saturated heterocycles. The summed E-state index contributed by atoms with van der Waals surface area (Å²) in [6.45, 7) is 0.669. The van der Waals surface area contributed by atoms with Crippen molar-refractivity contribution in [1.29, 1.82) is 0 Å². The summed E-state index contributed by atoms with van der Waals surface area (Å²) in [6.07, 6.45) is 6.25. The topological polar surface area (TPSA) is 84.7 Å². The largest absolute Gasteiger partial charge is 0.382 e. The maximum Gasteiger partial charge on any atom is 0.248 e. The van der Waals surface area contributed by atoms with Crippen LogP contribution in [0.25, 0.3) is 0 Å². The van der Waals surface area contributed by atoms with Crippen molar-refractivity contribution in [3.05, 3.63) is 36.2 Å². The van der Waals surface area contributed by atoms with Crippen LogP contribution in [0.2, 0.25) is 0 Å². The van der Waals surface area contributed by atoms with E-state index in [9.17, 15) is 4.79 Å². The van der Waals surface area contributed by atoms with E-state index >= 15 is 0 Å². The second-order valence-electron chi connectivity index (χ2n) is 6.37. The number of carbonyl (C=O) groups excluding carboxylic acids is 1. The Hall–Kier alpha value is -2.44. The minimum atomic E-state index is -0.546. The molecule has 1 aromatic heterocycles. The predicted octanol–water partition coefficient (Wildman–Crippen LogP) is 1.10. The first kappa shape index (κ1) is 14.2. The molecule has 4 rings (SSSR count). The molecular formula is C16H20N6O. The summed E-state index contributed by atoms with van der Waals surface area (Å²) in [6, 6.07) is 8.84. The van der Waals surface area contributed by atoms with Crippen LogP contribution in [0.4, 0.5) is 5.69 Å². The monoisotopic (exact) mass is 312 g/mol. The van der Waals surface area contributed by atoms with E-state index in [1.165, 1.54) is 17.6 Å². The van der Waals surface area contributed by atoms with Crippen LogP contribution in [0.5, 0.6) is 0 Å². The van der Waals surface area contributed by atoms with Crippen molar-refractivity contribution in [1.82, 2.24) is 25.5 Å². The van der Waals surface area contributed by atoms with Gasteiger partial charge in [0, 0.05) is 18.3 Å². The molecule has 1 aliphatic heterocycles. The summed E-state index contributed by atoms with van der Waals surface area (Å²) in [5.74, 6) is 0.0287. The first-order valence-electron chi connectivity index (χ1n) is 8.14. The number of fused-ring (bicyclic) bond motifs is 1. The number of hydrogen-bond acceptors (Lipinski definition) is 5. The van der Waals surface area contributed by atoms with Crippen molar-refractivity contribution < 1.29 is 4.79 Å². The zero-order valence-electron chi connectivity index (χ0n) is 12.9. The van der Waals surface area contributed by atoms with Crippen LogP contribution in [0.3, 0.4) is 0 Å². The van der Waals surface area contributed by atoms with Crippen molar-refractivity contribution in [2.45, 2.75) is 43.7 Å². The summed E-state index contributed by atoms with van der Waals surface area (Å²) in [5.41, 5.74) is 2.06. The summed E-state index contributed by atoms with van der Waals surface area (Å²) >= 11 is 0. The molecule has 2 aliphatic rings. The van der Waals surface area contributed by atoms with Gasteiger partial charge < -0.3 is 10.6 Å². The maximum atomic E-state index is 12.4. The molecule has 1 amide bonds. The molecule has 1 unspecified atom stereocenters. The number of nitrogens with one attached hydrogen (secondary N) is 2. The molecular weight excluding hydrogens is 292 g/mol. The van der Waals surface area contributed by atoms with Gasteiger partial charge in [-0.25, -0.2) is 4.68 Å². The van der Waals surface area contributed by atoms with Gasteiger partial charge in [0.25, 0.3) is 0 Å². The Morgan fingerprint density at radius 1 is 1.39 bits per heavy atom. The van der Waals surface area contributed by atoms with Gasteiger partial charge in [0.15, 0.2) is 0 Å². The second kappa shape index (κ2) is 5.64. The highest BCUT2D eigenvalue weighted by Crippen LogP contribution is 2.42. The molecule has 120 valence electrons. The molecule has 2 aromatic rings. The molecule has 1 aromatic carbocycles. The van der Waals surface area contributed by atoms with E-state index in [0.29, 0.717) is 12.6 Å². The molecule has 1 saturated carbocycles. The van der Waals surface area contributed by atoms with Crippen molar-refractivity contribution in [3.63, 3.8) is 0 Å². The van der Waals surface area contributed by atoms with E-state index in [0.717, 1.165) is 32.1 Å². The minimum Gasteiger partial charge on any atom is -0.382 e. The number of amides is 1. The SMILES string of the molecule is O=C(NCCC1CCc2ccccc2N1)C1(n2cnnn2)CC1. The van der Waals surface area contributed by atoms with Gasteiger partial charge in [-0.15, -0.1) is 5.10 Å². The van der Waals surface area contributed by atoms with Crippen LogP contribution in [-0.4, -0.2) is 38.7 Å². The van der Waals surface area contributed by atoms with Crippen LogP contribution in [0.15, 0.2) is 30.6 Å². The molecule has 0 bridgehead atoms. The molecule has 0 radical (unpaired) electrons. The molecule has 1 aliphatic carbocycles. The lowest BCUT2D eigenvalue weighted by Crippen LogP contribution is -2.41. The van der Waals surface area contributed by atoms with Crippen LogP contribution in [-0.2, 0) is 16.8 Å². The Balaban J connectivity index is 1.29.